The van der Waals surface area contributed by atoms with Gasteiger partial charge in [-0.15, -0.1) is 0 Å². The van der Waals surface area contributed by atoms with Crippen LogP contribution in [-0.2, 0) is 9.53 Å². The smallest absolute Gasteiger partial charge is 0.330 e. The SMILES string of the molecule is C=Cc1nc(NC(CN)C(=O)OC(C)(C)C)oc1C(=C)F. The van der Waals surface area contributed by atoms with Gasteiger partial charge in [0.25, 0.3) is 6.01 Å². The van der Waals surface area contributed by atoms with Gasteiger partial charge in [0.1, 0.15) is 17.3 Å². The maximum atomic E-state index is 13.2. The second kappa shape index (κ2) is 6.53. The van der Waals surface area contributed by atoms with Crippen molar-refractivity contribution in [1.82, 2.24) is 4.98 Å². The molecule has 7 heteroatoms. The van der Waals surface area contributed by atoms with E-state index in [-0.39, 0.29) is 24.0 Å². The first-order valence-electron chi connectivity index (χ1n) is 6.35. The van der Waals surface area contributed by atoms with Crippen LogP contribution < -0.4 is 11.1 Å². The second-order valence-corrected chi connectivity index (χ2v) is 5.31. The van der Waals surface area contributed by atoms with Gasteiger partial charge in [0.05, 0.1) is 0 Å². The van der Waals surface area contributed by atoms with E-state index >= 15 is 0 Å². The lowest BCUT2D eigenvalue weighted by atomic mass is 10.2. The number of nitrogens with two attached hydrogens (primary N) is 1. The van der Waals surface area contributed by atoms with E-state index in [9.17, 15) is 9.18 Å². The average molecular weight is 297 g/mol. The molecule has 1 atom stereocenters. The summed E-state index contributed by atoms with van der Waals surface area (Å²) in [5.41, 5.74) is 5.07. The van der Waals surface area contributed by atoms with Crippen LogP contribution >= 0.6 is 0 Å². The number of esters is 1. The van der Waals surface area contributed by atoms with Gasteiger partial charge in [-0.3, -0.25) is 0 Å². The molecule has 0 aliphatic rings. The van der Waals surface area contributed by atoms with Crippen molar-refractivity contribution in [1.29, 1.82) is 0 Å². The number of aromatic nitrogens is 1. The summed E-state index contributed by atoms with van der Waals surface area (Å²) in [7, 11) is 0. The molecular formula is C14H20FN3O3. The van der Waals surface area contributed by atoms with Crippen molar-refractivity contribution in [2.75, 3.05) is 11.9 Å². The maximum absolute atomic E-state index is 13.2. The third-order valence-corrected chi connectivity index (χ3v) is 2.32. The van der Waals surface area contributed by atoms with Crippen LogP contribution in [0.3, 0.4) is 0 Å². The van der Waals surface area contributed by atoms with Crippen LogP contribution in [0.4, 0.5) is 10.4 Å². The number of anilines is 1. The quantitative estimate of drug-likeness (QED) is 0.783. The van der Waals surface area contributed by atoms with Crippen LogP contribution in [0.15, 0.2) is 17.6 Å². The summed E-state index contributed by atoms with van der Waals surface area (Å²) in [5, 5.41) is 2.67. The van der Waals surface area contributed by atoms with E-state index in [0.717, 1.165) is 0 Å². The van der Waals surface area contributed by atoms with Gasteiger partial charge in [-0.25, -0.2) is 9.18 Å². The standard InChI is InChI=1S/C14H20FN3O3/c1-6-9-11(8(2)15)20-13(17-9)18-10(7-16)12(19)21-14(3,4)5/h6,10H,1-2,7,16H2,3-5H3,(H,17,18). The number of carbonyl (C=O) groups is 1. The topological polar surface area (TPSA) is 90.4 Å². The maximum Gasteiger partial charge on any atom is 0.330 e. The molecule has 1 aromatic rings. The molecule has 6 nitrogen and oxygen atoms in total. The number of hydrogen-bond donors (Lipinski definition) is 2. The second-order valence-electron chi connectivity index (χ2n) is 5.31. The van der Waals surface area contributed by atoms with Crippen molar-refractivity contribution in [2.24, 2.45) is 5.73 Å². The van der Waals surface area contributed by atoms with E-state index in [1.54, 1.807) is 20.8 Å². The minimum absolute atomic E-state index is 0.0351. The Morgan fingerprint density at radius 3 is 2.62 bits per heavy atom. The summed E-state index contributed by atoms with van der Waals surface area (Å²) in [6, 6.07) is -0.915. The van der Waals surface area contributed by atoms with Gasteiger partial charge in [0.15, 0.2) is 11.6 Å². The minimum atomic E-state index is -0.860. The molecule has 1 heterocycles. The molecule has 1 unspecified atom stereocenters. The van der Waals surface area contributed by atoms with Crippen LogP contribution in [0, 0.1) is 0 Å². The number of hydrogen-bond acceptors (Lipinski definition) is 6. The van der Waals surface area contributed by atoms with E-state index in [1.165, 1.54) is 6.08 Å². The predicted molar refractivity (Wildman–Crippen MR) is 79.0 cm³/mol. The molecular weight excluding hydrogens is 277 g/mol. The van der Waals surface area contributed by atoms with E-state index in [0.29, 0.717) is 0 Å². The average Bonchev–Trinajstić information content (AvgIpc) is 2.76. The van der Waals surface area contributed by atoms with Crippen molar-refractivity contribution in [3.05, 3.63) is 24.6 Å². The molecule has 0 saturated heterocycles. The summed E-state index contributed by atoms with van der Waals surface area (Å²) >= 11 is 0. The van der Waals surface area contributed by atoms with Crippen molar-refractivity contribution in [2.45, 2.75) is 32.4 Å². The lowest BCUT2D eigenvalue weighted by Gasteiger charge is -2.23. The number of ether oxygens (including phenoxy) is 1. The van der Waals surface area contributed by atoms with E-state index < -0.39 is 23.4 Å². The number of carbonyl (C=O) groups excluding carboxylic acids is 1. The summed E-state index contributed by atoms with van der Waals surface area (Å²) in [5.74, 6) is -1.48. The molecule has 0 fully saturated rings. The molecule has 0 spiro atoms. The van der Waals surface area contributed by atoms with Crippen molar-refractivity contribution in [3.8, 4) is 0 Å². The molecule has 0 amide bonds. The Morgan fingerprint density at radius 2 is 2.24 bits per heavy atom. The Morgan fingerprint density at radius 1 is 1.62 bits per heavy atom. The summed E-state index contributed by atoms with van der Waals surface area (Å²) in [6.07, 6.45) is 1.32. The molecule has 3 N–H and O–H groups in total. The largest absolute Gasteiger partial charge is 0.458 e. The Balaban J connectivity index is 2.89. The molecule has 0 saturated carbocycles. The lowest BCUT2D eigenvalue weighted by molar-refractivity contribution is -0.155. The predicted octanol–water partition coefficient (Wildman–Crippen LogP) is 2.34. The zero-order chi connectivity index (χ0) is 16.2. The monoisotopic (exact) mass is 297 g/mol. The Bertz CT molecular complexity index is 546. The Labute approximate surface area is 122 Å². The fourth-order valence-corrected chi connectivity index (χ4v) is 1.46. The van der Waals surface area contributed by atoms with Crippen LogP contribution in [0.2, 0.25) is 0 Å². The molecule has 0 aliphatic heterocycles. The van der Waals surface area contributed by atoms with Crippen LogP contribution in [0.5, 0.6) is 0 Å². The van der Waals surface area contributed by atoms with Crippen LogP contribution in [0.25, 0.3) is 11.9 Å². The first-order chi connectivity index (χ1) is 9.67. The molecule has 1 aromatic heterocycles. The van der Waals surface area contributed by atoms with Crippen LogP contribution in [0.1, 0.15) is 32.2 Å². The molecule has 1 rings (SSSR count). The summed E-state index contributed by atoms with van der Waals surface area (Å²) in [6.45, 7) is 11.8. The highest BCUT2D eigenvalue weighted by molar-refractivity contribution is 5.79. The molecule has 116 valence electrons. The van der Waals surface area contributed by atoms with Crippen LogP contribution in [-0.4, -0.2) is 29.1 Å². The molecule has 0 aromatic carbocycles. The van der Waals surface area contributed by atoms with E-state index in [1.807, 2.05) is 0 Å². The highest BCUT2D eigenvalue weighted by atomic mass is 19.1. The van der Waals surface area contributed by atoms with E-state index in [2.05, 4.69) is 23.5 Å². The van der Waals surface area contributed by atoms with Gasteiger partial charge in [-0.1, -0.05) is 13.2 Å². The highest BCUT2D eigenvalue weighted by Gasteiger charge is 2.26. The normalized spacial score (nSPS) is 12.6. The zero-order valence-corrected chi connectivity index (χ0v) is 12.4. The Kier molecular flexibility index (Phi) is 5.26. The van der Waals surface area contributed by atoms with Gasteiger partial charge in [-0.05, 0) is 26.8 Å². The highest BCUT2D eigenvalue weighted by Crippen LogP contribution is 2.24. The fourth-order valence-electron chi connectivity index (χ4n) is 1.46. The number of oxazole rings is 1. The van der Waals surface area contributed by atoms with Crippen molar-refractivity contribution >= 4 is 23.9 Å². The van der Waals surface area contributed by atoms with Gasteiger partial charge >= 0.3 is 5.97 Å². The number of nitrogens with one attached hydrogen (secondary N) is 1. The molecule has 0 bridgehead atoms. The Hall–Kier alpha value is -2.15. The number of rotatable bonds is 6. The van der Waals surface area contributed by atoms with Gasteiger partial charge in [0, 0.05) is 6.54 Å². The van der Waals surface area contributed by atoms with Crippen molar-refractivity contribution < 1.29 is 18.3 Å². The van der Waals surface area contributed by atoms with Gasteiger partial charge in [-0.2, -0.15) is 4.98 Å². The molecule has 0 radical (unpaired) electrons. The van der Waals surface area contributed by atoms with Gasteiger partial charge in [0.2, 0.25) is 0 Å². The van der Waals surface area contributed by atoms with Gasteiger partial charge < -0.3 is 20.2 Å². The minimum Gasteiger partial charge on any atom is -0.458 e. The summed E-state index contributed by atoms with van der Waals surface area (Å²) < 4.78 is 23.5. The summed E-state index contributed by atoms with van der Waals surface area (Å²) in [4.78, 5) is 15.9. The molecule has 21 heavy (non-hydrogen) atoms. The first kappa shape index (κ1) is 16.9. The third kappa shape index (κ3) is 4.71. The number of nitrogens with zero attached hydrogens (tertiary/aromatic N) is 1. The van der Waals surface area contributed by atoms with E-state index in [4.69, 9.17) is 14.9 Å². The molecule has 0 aliphatic carbocycles. The fraction of sp³-hybridized carbons (Fsp3) is 0.429. The first-order valence-corrected chi connectivity index (χ1v) is 6.35. The number of halogens is 1. The lowest BCUT2D eigenvalue weighted by Crippen LogP contribution is -2.41. The zero-order valence-electron chi connectivity index (χ0n) is 12.4. The third-order valence-electron chi connectivity index (χ3n) is 2.32. The van der Waals surface area contributed by atoms with Crippen molar-refractivity contribution in [3.63, 3.8) is 0 Å².